The van der Waals surface area contributed by atoms with Crippen molar-refractivity contribution in [1.29, 1.82) is 0 Å². The summed E-state index contributed by atoms with van der Waals surface area (Å²) in [5, 5.41) is 10.9. The van der Waals surface area contributed by atoms with Crippen LogP contribution in [0.5, 0.6) is 0 Å². The summed E-state index contributed by atoms with van der Waals surface area (Å²) in [6, 6.07) is 6.88. The summed E-state index contributed by atoms with van der Waals surface area (Å²) in [5.74, 6) is 4.78. The topological polar surface area (TPSA) is 87.7 Å². The van der Waals surface area contributed by atoms with Gasteiger partial charge < -0.3 is 4.74 Å². The summed E-state index contributed by atoms with van der Waals surface area (Å²) >= 11 is 0. The predicted molar refractivity (Wildman–Crippen MR) is 82.2 cm³/mol. The molecule has 1 aromatic carbocycles. The molecule has 0 aliphatic rings. The van der Waals surface area contributed by atoms with E-state index in [9.17, 15) is 9.59 Å². The van der Waals surface area contributed by atoms with Crippen molar-refractivity contribution < 1.29 is 19.5 Å². The van der Waals surface area contributed by atoms with Crippen LogP contribution in [0.25, 0.3) is 0 Å². The van der Waals surface area contributed by atoms with Gasteiger partial charge in [0, 0.05) is 17.3 Å². The third-order valence-corrected chi connectivity index (χ3v) is 2.15. The number of rotatable bonds is 2. The fourth-order valence-electron chi connectivity index (χ4n) is 1.38. The van der Waals surface area contributed by atoms with Gasteiger partial charge in [-0.3, -0.25) is 15.3 Å². The third-order valence-electron chi connectivity index (χ3n) is 2.15. The molecule has 0 heterocycles. The van der Waals surface area contributed by atoms with Crippen molar-refractivity contribution >= 4 is 17.7 Å². The van der Waals surface area contributed by atoms with Gasteiger partial charge in [-0.2, -0.15) is 0 Å². The first-order valence-corrected chi connectivity index (χ1v) is 6.52. The number of hydroxylamine groups is 1. The van der Waals surface area contributed by atoms with Crippen LogP contribution < -0.4 is 10.8 Å². The maximum atomic E-state index is 11.7. The Labute approximate surface area is 129 Å². The molecule has 116 valence electrons. The fourth-order valence-corrected chi connectivity index (χ4v) is 1.38. The van der Waals surface area contributed by atoms with Gasteiger partial charge in [0.15, 0.2) is 0 Å². The molecule has 0 aliphatic carbocycles. The Hall–Kier alpha value is -2.78. The first kappa shape index (κ1) is 17.3. The highest BCUT2D eigenvalue weighted by atomic mass is 16.6. The van der Waals surface area contributed by atoms with E-state index in [4.69, 9.17) is 9.94 Å². The zero-order valence-electron chi connectivity index (χ0n) is 12.6. The van der Waals surface area contributed by atoms with Gasteiger partial charge in [0.2, 0.25) is 0 Å². The average Bonchev–Trinajstić information content (AvgIpc) is 2.41. The number of amides is 2. The molecule has 2 amide bonds. The quantitative estimate of drug-likeness (QED) is 0.339. The molecule has 0 bridgehead atoms. The number of ether oxygens (including phenoxy) is 1. The van der Waals surface area contributed by atoms with Crippen molar-refractivity contribution in [3.8, 4) is 11.8 Å². The lowest BCUT2D eigenvalue weighted by Crippen LogP contribution is -2.27. The van der Waals surface area contributed by atoms with Gasteiger partial charge in [-0.1, -0.05) is 17.9 Å². The highest BCUT2D eigenvalue weighted by Crippen LogP contribution is 2.13. The number of hydrogen-bond donors (Lipinski definition) is 3. The maximum Gasteiger partial charge on any atom is 0.412 e. The molecule has 22 heavy (non-hydrogen) atoms. The molecular formula is C16H18N2O4. The molecule has 1 aromatic rings. The van der Waals surface area contributed by atoms with E-state index in [0.717, 1.165) is 6.08 Å². The normalized spacial score (nSPS) is 10.5. The Bertz CT molecular complexity index is 634. The second kappa shape index (κ2) is 7.86. The minimum Gasteiger partial charge on any atom is -0.444 e. The van der Waals surface area contributed by atoms with E-state index in [1.165, 1.54) is 11.6 Å². The molecule has 1 rings (SSSR count). The summed E-state index contributed by atoms with van der Waals surface area (Å²) in [7, 11) is 0. The first-order valence-electron chi connectivity index (χ1n) is 6.52. The molecule has 6 heteroatoms. The highest BCUT2D eigenvalue weighted by Gasteiger charge is 2.16. The SMILES string of the molecule is CC(C)(C)OC(=O)Nc1cccc(C#C/C=C/C(=O)NO)c1. The van der Waals surface area contributed by atoms with E-state index in [1.54, 1.807) is 45.0 Å². The van der Waals surface area contributed by atoms with Gasteiger partial charge in [0.05, 0.1) is 0 Å². The summed E-state index contributed by atoms with van der Waals surface area (Å²) in [6.07, 6.45) is 1.85. The average molecular weight is 302 g/mol. The van der Waals surface area contributed by atoms with Gasteiger partial charge >= 0.3 is 6.09 Å². The molecule has 0 saturated heterocycles. The molecule has 0 aliphatic heterocycles. The molecule has 0 saturated carbocycles. The number of benzene rings is 1. The van der Waals surface area contributed by atoms with Crippen molar-refractivity contribution in [2.24, 2.45) is 0 Å². The molecule has 0 spiro atoms. The van der Waals surface area contributed by atoms with Crippen LogP contribution in [0.3, 0.4) is 0 Å². The summed E-state index contributed by atoms with van der Waals surface area (Å²) in [6.45, 7) is 5.34. The Kier molecular flexibility index (Phi) is 6.17. The largest absolute Gasteiger partial charge is 0.444 e. The molecular weight excluding hydrogens is 284 g/mol. The number of hydrogen-bond acceptors (Lipinski definition) is 4. The third kappa shape index (κ3) is 7.12. The lowest BCUT2D eigenvalue weighted by Gasteiger charge is -2.19. The number of carbonyl (C=O) groups is 2. The second-order valence-corrected chi connectivity index (χ2v) is 5.29. The number of carbonyl (C=O) groups excluding carboxylic acids is 2. The second-order valence-electron chi connectivity index (χ2n) is 5.29. The molecule has 0 unspecified atom stereocenters. The van der Waals surface area contributed by atoms with E-state index >= 15 is 0 Å². The number of nitrogens with one attached hydrogen (secondary N) is 2. The monoisotopic (exact) mass is 302 g/mol. The Morgan fingerprint density at radius 1 is 1.32 bits per heavy atom. The summed E-state index contributed by atoms with van der Waals surface area (Å²) in [4.78, 5) is 22.4. The van der Waals surface area contributed by atoms with Gasteiger partial charge in [-0.15, -0.1) is 0 Å². The molecule has 0 atom stereocenters. The Morgan fingerprint density at radius 3 is 2.68 bits per heavy atom. The van der Waals surface area contributed by atoms with Crippen molar-refractivity contribution in [1.82, 2.24) is 5.48 Å². The fraction of sp³-hybridized carbons (Fsp3) is 0.250. The Morgan fingerprint density at radius 2 is 2.05 bits per heavy atom. The molecule has 0 aromatic heterocycles. The summed E-state index contributed by atoms with van der Waals surface area (Å²) in [5.41, 5.74) is 2.10. The van der Waals surface area contributed by atoms with Gasteiger partial charge in [0.1, 0.15) is 5.60 Å². The van der Waals surface area contributed by atoms with Crippen molar-refractivity contribution in [2.75, 3.05) is 5.32 Å². The van der Waals surface area contributed by atoms with E-state index in [-0.39, 0.29) is 0 Å². The zero-order valence-corrected chi connectivity index (χ0v) is 12.6. The molecule has 3 N–H and O–H groups in total. The smallest absolute Gasteiger partial charge is 0.412 e. The van der Waals surface area contributed by atoms with Gasteiger partial charge in [0.25, 0.3) is 5.91 Å². The predicted octanol–water partition coefficient (Wildman–Crippen LogP) is 2.45. The minimum atomic E-state index is -0.658. The van der Waals surface area contributed by atoms with Crippen LogP contribution in [0.2, 0.25) is 0 Å². The van der Waals surface area contributed by atoms with Gasteiger partial charge in [-0.25, -0.2) is 10.3 Å². The minimum absolute atomic E-state index is 0.544. The number of anilines is 1. The van der Waals surface area contributed by atoms with Crippen molar-refractivity contribution in [3.63, 3.8) is 0 Å². The van der Waals surface area contributed by atoms with Crippen LogP contribution in [0.4, 0.5) is 10.5 Å². The lowest BCUT2D eigenvalue weighted by atomic mass is 10.2. The standard InChI is InChI=1S/C16H18N2O4/c1-16(2,3)22-15(20)17-13-9-6-8-12(11-13)7-4-5-10-14(19)18-21/h5-6,8-11,21H,1-3H3,(H,17,20)(H,18,19)/b10-5+. The van der Waals surface area contributed by atoms with Crippen LogP contribution in [-0.4, -0.2) is 22.8 Å². The maximum absolute atomic E-state index is 11.7. The van der Waals surface area contributed by atoms with E-state index < -0.39 is 17.6 Å². The van der Waals surface area contributed by atoms with Gasteiger partial charge in [-0.05, 0) is 45.0 Å². The van der Waals surface area contributed by atoms with Crippen molar-refractivity contribution in [2.45, 2.75) is 26.4 Å². The van der Waals surface area contributed by atoms with E-state index in [0.29, 0.717) is 11.3 Å². The highest BCUT2D eigenvalue weighted by molar-refractivity contribution is 5.87. The van der Waals surface area contributed by atoms with Crippen LogP contribution in [0, 0.1) is 11.8 Å². The zero-order chi connectivity index (χ0) is 16.6. The van der Waals surface area contributed by atoms with E-state index in [2.05, 4.69) is 17.2 Å². The molecule has 0 radical (unpaired) electrons. The lowest BCUT2D eigenvalue weighted by molar-refractivity contribution is -0.124. The summed E-state index contributed by atoms with van der Waals surface area (Å²) < 4.78 is 5.15. The molecule has 0 fully saturated rings. The van der Waals surface area contributed by atoms with Crippen LogP contribution in [0.15, 0.2) is 36.4 Å². The van der Waals surface area contributed by atoms with Crippen LogP contribution in [0.1, 0.15) is 26.3 Å². The molecule has 6 nitrogen and oxygen atoms in total. The van der Waals surface area contributed by atoms with Crippen LogP contribution >= 0.6 is 0 Å². The Balaban J connectivity index is 2.71. The number of allylic oxidation sites excluding steroid dienone is 1. The van der Waals surface area contributed by atoms with E-state index in [1.807, 2.05) is 0 Å². The van der Waals surface area contributed by atoms with Crippen LogP contribution in [-0.2, 0) is 9.53 Å². The first-order chi connectivity index (χ1) is 10.3. The van der Waals surface area contributed by atoms with Crippen molar-refractivity contribution in [3.05, 3.63) is 42.0 Å².